The summed E-state index contributed by atoms with van der Waals surface area (Å²) < 4.78 is 10.6. The summed E-state index contributed by atoms with van der Waals surface area (Å²) in [5.41, 5.74) is 1.63. The van der Waals surface area contributed by atoms with E-state index in [0.717, 1.165) is 16.6 Å². The van der Waals surface area contributed by atoms with Crippen LogP contribution >= 0.6 is 11.6 Å². The van der Waals surface area contributed by atoms with Gasteiger partial charge in [-0.3, -0.25) is 4.79 Å². The first-order chi connectivity index (χ1) is 11.2. The molecule has 0 spiro atoms. The number of H-pyrrole nitrogens is 1. The summed E-state index contributed by atoms with van der Waals surface area (Å²) in [6.07, 6.45) is 1.54. The number of ether oxygens (including phenoxy) is 1. The van der Waals surface area contributed by atoms with Crippen LogP contribution in [-0.2, 0) is 17.9 Å². The molecule has 23 heavy (non-hydrogen) atoms. The van der Waals surface area contributed by atoms with E-state index in [9.17, 15) is 4.79 Å². The molecule has 2 heterocycles. The third-order valence-electron chi connectivity index (χ3n) is 3.21. The van der Waals surface area contributed by atoms with E-state index in [0.29, 0.717) is 23.1 Å². The zero-order chi connectivity index (χ0) is 16.2. The fraction of sp³-hybridized carbons (Fsp3) is 0.200. The number of hydrogen-bond acceptors (Lipinski definition) is 5. The number of carbonyl (C=O) groups is 1. The van der Waals surface area contributed by atoms with Crippen molar-refractivity contribution in [3.8, 4) is 5.75 Å². The molecule has 0 saturated heterocycles. The summed E-state index contributed by atoms with van der Waals surface area (Å²) in [6, 6.07) is 7.15. The highest BCUT2D eigenvalue weighted by atomic mass is 35.5. The highest BCUT2D eigenvalue weighted by molar-refractivity contribution is 6.32. The molecule has 0 unspecified atom stereocenters. The largest absolute Gasteiger partial charge is 0.484 e. The monoisotopic (exact) mass is 335 g/mol. The maximum Gasteiger partial charge on any atom is 0.246 e. The van der Waals surface area contributed by atoms with Crippen LogP contribution in [0.4, 0.5) is 0 Å². The van der Waals surface area contributed by atoms with Crippen molar-refractivity contribution < 1.29 is 19.2 Å². The van der Waals surface area contributed by atoms with Crippen LogP contribution in [-0.4, -0.2) is 27.8 Å². The van der Waals surface area contributed by atoms with Crippen LogP contribution in [0.25, 0.3) is 10.9 Å². The van der Waals surface area contributed by atoms with Crippen molar-refractivity contribution in [2.75, 3.05) is 6.61 Å². The lowest BCUT2D eigenvalue weighted by molar-refractivity contribution is -0.123. The van der Waals surface area contributed by atoms with Crippen molar-refractivity contribution in [1.82, 2.24) is 15.5 Å². The lowest BCUT2D eigenvalue weighted by Gasteiger charge is -2.06. The molecular weight excluding hydrogens is 322 g/mol. The zero-order valence-electron chi connectivity index (χ0n) is 12.0. The van der Waals surface area contributed by atoms with Crippen LogP contribution in [0.5, 0.6) is 5.75 Å². The number of carbonyl (C=O) groups excluding carboxylic acids is 1. The van der Waals surface area contributed by atoms with Gasteiger partial charge in [-0.15, -0.1) is 0 Å². The Labute approximate surface area is 136 Å². The first-order valence-corrected chi connectivity index (χ1v) is 7.24. The van der Waals surface area contributed by atoms with Crippen molar-refractivity contribution in [3.63, 3.8) is 0 Å². The minimum Gasteiger partial charge on any atom is -0.484 e. The molecule has 2 aromatic heterocycles. The summed E-state index contributed by atoms with van der Waals surface area (Å²) in [4.78, 5) is 14.2. The standard InChI is InChI=1S/C15H14ClN3O4/c16-12-4-9-3-10(6-17-15(21)7-20)19-13(9)5-14(12)22-8-11-1-2-18-23-11/h1-5,19-20H,6-8H2,(H,17,21). The van der Waals surface area contributed by atoms with E-state index in [1.54, 1.807) is 24.4 Å². The Kier molecular flexibility index (Phi) is 4.50. The quantitative estimate of drug-likeness (QED) is 0.639. The summed E-state index contributed by atoms with van der Waals surface area (Å²) in [6.45, 7) is -0.0169. The van der Waals surface area contributed by atoms with E-state index >= 15 is 0 Å². The van der Waals surface area contributed by atoms with Gasteiger partial charge in [0.25, 0.3) is 0 Å². The molecular formula is C15H14ClN3O4. The fourth-order valence-corrected chi connectivity index (χ4v) is 2.34. The van der Waals surface area contributed by atoms with Gasteiger partial charge in [-0.1, -0.05) is 16.8 Å². The summed E-state index contributed by atoms with van der Waals surface area (Å²) >= 11 is 6.21. The molecule has 1 aromatic carbocycles. The van der Waals surface area contributed by atoms with Gasteiger partial charge in [-0.2, -0.15) is 0 Å². The number of rotatable bonds is 6. The molecule has 0 atom stereocenters. The number of aliphatic hydroxyl groups is 1. The van der Waals surface area contributed by atoms with Gasteiger partial charge >= 0.3 is 0 Å². The first kappa shape index (κ1) is 15.4. The number of aromatic nitrogens is 2. The average molecular weight is 336 g/mol. The molecule has 3 aromatic rings. The molecule has 3 rings (SSSR count). The first-order valence-electron chi connectivity index (χ1n) is 6.87. The van der Waals surface area contributed by atoms with E-state index in [1.807, 2.05) is 6.07 Å². The third-order valence-corrected chi connectivity index (χ3v) is 3.51. The van der Waals surface area contributed by atoms with Crippen LogP contribution in [0, 0.1) is 0 Å². The average Bonchev–Trinajstić information content (AvgIpc) is 3.19. The van der Waals surface area contributed by atoms with Gasteiger partial charge in [0, 0.05) is 28.7 Å². The second-order valence-electron chi connectivity index (χ2n) is 4.87. The van der Waals surface area contributed by atoms with Crippen LogP contribution < -0.4 is 10.1 Å². The van der Waals surface area contributed by atoms with Gasteiger partial charge in [0.15, 0.2) is 5.76 Å². The van der Waals surface area contributed by atoms with Gasteiger partial charge in [0.2, 0.25) is 5.91 Å². The number of hydrogen-bond donors (Lipinski definition) is 3. The molecule has 0 fully saturated rings. The third kappa shape index (κ3) is 3.64. The number of fused-ring (bicyclic) bond motifs is 1. The highest BCUT2D eigenvalue weighted by Crippen LogP contribution is 2.31. The van der Waals surface area contributed by atoms with Crippen molar-refractivity contribution in [2.24, 2.45) is 0 Å². The maximum absolute atomic E-state index is 11.1. The normalized spacial score (nSPS) is 10.9. The lowest BCUT2D eigenvalue weighted by atomic mass is 10.2. The number of amides is 1. The summed E-state index contributed by atoms with van der Waals surface area (Å²) in [5.74, 6) is 0.682. The predicted molar refractivity (Wildman–Crippen MR) is 83.1 cm³/mol. The Bertz CT molecular complexity index is 814. The number of nitrogens with zero attached hydrogens (tertiary/aromatic N) is 1. The second-order valence-corrected chi connectivity index (χ2v) is 5.27. The molecule has 0 aliphatic rings. The molecule has 3 N–H and O–H groups in total. The van der Waals surface area contributed by atoms with Crippen LogP contribution in [0.15, 0.2) is 35.0 Å². The fourth-order valence-electron chi connectivity index (χ4n) is 2.11. The molecule has 0 saturated carbocycles. The van der Waals surface area contributed by atoms with E-state index in [-0.39, 0.29) is 6.61 Å². The Morgan fingerprint density at radius 1 is 1.43 bits per heavy atom. The number of aromatic amines is 1. The number of halogens is 1. The Hall–Kier alpha value is -2.51. The topological polar surface area (TPSA) is 100 Å². The minimum absolute atomic E-state index is 0.228. The van der Waals surface area contributed by atoms with Gasteiger partial charge in [-0.25, -0.2) is 0 Å². The van der Waals surface area contributed by atoms with Gasteiger partial charge in [-0.05, 0) is 12.1 Å². The molecule has 1 amide bonds. The Morgan fingerprint density at radius 3 is 3.04 bits per heavy atom. The lowest BCUT2D eigenvalue weighted by Crippen LogP contribution is -2.25. The van der Waals surface area contributed by atoms with Gasteiger partial charge in [0.05, 0.1) is 17.8 Å². The van der Waals surface area contributed by atoms with Crippen molar-refractivity contribution in [1.29, 1.82) is 0 Å². The predicted octanol–water partition coefficient (Wildman–Crippen LogP) is 2.00. The number of aliphatic hydroxyl groups excluding tert-OH is 1. The van der Waals surface area contributed by atoms with E-state index in [1.165, 1.54) is 0 Å². The molecule has 0 aliphatic carbocycles. The summed E-state index contributed by atoms with van der Waals surface area (Å²) in [7, 11) is 0. The zero-order valence-corrected chi connectivity index (χ0v) is 12.8. The van der Waals surface area contributed by atoms with Crippen LogP contribution in [0.1, 0.15) is 11.5 Å². The van der Waals surface area contributed by atoms with Gasteiger partial charge in [0.1, 0.15) is 19.0 Å². The van der Waals surface area contributed by atoms with Gasteiger partial charge < -0.3 is 24.7 Å². The molecule has 8 heteroatoms. The highest BCUT2D eigenvalue weighted by Gasteiger charge is 2.09. The van der Waals surface area contributed by atoms with E-state index in [2.05, 4.69) is 15.5 Å². The molecule has 0 aliphatic heterocycles. The van der Waals surface area contributed by atoms with Crippen LogP contribution in [0.2, 0.25) is 5.02 Å². The Balaban J connectivity index is 1.75. The molecule has 7 nitrogen and oxygen atoms in total. The van der Waals surface area contributed by atoms with Crippen molar-refractivity contribution in [2.45, 2.75) is 13.2 Å². The van der Waals surface area contributed by atoms with Crippen LogP contribution in [0.3, 0.4) is 0 Å². The maximum atomic E-state index is 11.1. The number of benzene rings is 1. The van der Waals surface area contributed by atoms with E-state index in [4.69, 9.17) is 26.0 Å². The minimum atomic E-state index is -0.536. The second kappa shape index (κ2) is 6.72. The van der Waals surface area contributed by atoms with E-state index < -0.39 is 12.5 Å². The smallest absolute Gasteiger partial charge is 0.246 e. The number of nitrogens with one attached hydrogen (secondary N) is 2. The molecule has 120 valence electrons. The van der Waals surface area contributed by atoms with Crippen molar-refractivity contribution in [3.05, 3.63) is 46.9 Å². The molecule has 0 bridgehead atoms. The Morgan fingerprint density at radius 2 is 2.30 bits per heavy atom. The van der Waals surface area contributed by atoms with Crippen molar-refractivity contribution >= 4 is 28.4 Å². The molecule has 0 radical (unpaired) electrons. The SMILES string of the molecule is O=C(CO)NCc1cc2cc(Cl)c(OCc3ccno3)cc2[nH]1. The summed E-state index contributed by atoms with van der Waals surface area (Å²) in [5, 5.41) is 16.3.